The van der Waals surface area contributed by atoms with E-state index < -0.39 is 12.0 Å². The quantitative estimate of drug-likeness (QED) is 0.906. The topological polar surface area (TPSA) is 66.4 Å². The highest BCUT2D eigenvalue weighted by Crippen LogP contribution is 2.16. The number of hydrogen-bond acceptors (Lipinski definition) is 2. The molecule has 0 spiro atoms. The van der Waals surface area contributed by atoms with Crippen LogP contribution in [0.2, 0.25) is 0 Å². The molecule has 4 nitrogen and oxygen atoms in total. The van der Waals surface area contributed by atoms with Gasteiger partial charge in [0.25, 0.3) is 5.91 Å². The third-order valence-corrected chi connectivity index (χ3v) is 3.28. The second-order valence-electron chi connectivity index (χ2n) is 4.97. The lowest BCUT2D eigenvalue weighted by molar-refractivity contribution is -0.139. The minimum Gasteiger partial charge on any atom is -0.479 e. The zero-order valence-corrected chi connectivity index (χ0v) is 12.0. The number of aryl methyl sites for hydroxylation is 2. The molecular weight excluding hydrogens is 266 g/mol. The maximum Gasteiger partial charge on any atom is 0.330 e. The molecule has 2 rings (SSSR count). The minimum atomic E-state index is -1.08. The lowest BCUT2D eigenvalue weighted by Crippen LogP contribution is -2.34. The summed E-state index contributed by atoms with van der Waals surface area (Å²) in [6.45, 7) is 3.78. The highest BCUT2D eigenvalue weighted by molar-refractivity contribution is 5.98. The smallest absolute Gasteiger partial charge is 0.330 e. The van der Waals surface area contributed by atoms with E-state index in [0.29, 0.717) is 11.1 Å². The predicted molar refractivity (Wildman–Crippen MR) is 80.2 cm³/mol. The maximum atomic E-state index is 12.3. The highest BCUT2D eigenvalue weighted by atomic mass is 16.4. The number of carboxylic acids is 1. The molecular formula is C17H17NO3. The van der Waals surface area contributed by atoms with E-state index in [1.807, 2.05) is 26.0 Å². The van der Waals surface area contributed by atoms with Crippen LogP contribution in [0, 0.1) is 13.8 Å². The fourth-order valence-corrected chi connectivity index (χ4v) is 2.21. The summed E-state index contributed by atoms with van der Waals surface area (Å²) in [5, 5.41) is 11.9. The Morgan fingerprint density at radius 2 is 1.71 bits per heavy atom. The summed E-state index contributed by atoms with van der Waals surface area (Å²) in [5.74, 6) is -1.47. The molecule has 0 aliphatic heterocycles. The Hall–Kier alpha value is -2.62. The van der Waals surface area contributed by atoms with Crippen molar-refractivity contribution in [3.05, 3.63) is 70.8 Å². The highest BCUT2D eigenvalue weighted by Gasteiger charge is 2.23. The van der Waals surface area contributed by atoms with E-state index in [1.165, 1.54) is 0 Å². The molecule has 0 radical (unpaired) electrons. The van der Waals surface area contributed by atoms with Crippen LogP contribution in [-0.2, 0) is 4.79 Å². The van der Waals surface area contributed by atoms with Gasteiger partial charge in [0, 0.05) is 5.56 Å². The predicted octanol–water partition coefficient (Wildman–Crippen LogP) is 2.86. The van der Waals surface area contributed by atoms with Gasteiger partial charge in [0.05, 0.1) is 0 Å². The largest absolute Gasteiger partial charge is 0.479 e. The van der Waals surface area contributed by atoms with Crippen molar-refractivity contribution in [3.8, 4) is 0 Å². The zero-order chi connectivity index (χ0) is 15.4. The van der Waals surface area contributed by atoms with Gasteiger partial charge in [-0.15, -0.1) is 0 Å². The van der Waals surface area contributed by atoms with E-state index in [0.717, 1.165) is 11.1 Å². The standard InChI is InChI=1S/C17H17NO3/c1-11-8-9-14(12(2)10-11)16(19)18-15(17(20)21)13-6-4-3-5-7-13/h3-10,15H,1-2H3,(H,18,19)(H,20,21)/t15-/m1/s1. The number of nitrogens with one attached hydrogen (secondary N) is 1. The second-order valence-corrected chi connectivity index (χ2v) is 4.97. The van der Waals surface area contributed by atoms with E-state index in [4.69, 9.17) is 0 Å². The Morgan fingerprint density at radius 3 is 2.29 bits per heavy atom. The molecule has 0 heterocycles. The van der Waals surface area contributed by atoms with Crippen molar-refractivity contribution in [3.63, 3.8) is 0 Å². The van der Waals surface area contributed by atoms with Crippen LogP contribution in [0.15, 0.2) is 48.5 Å². The van der Waals surface area contributed by atoms with Gasteiger partial charge < -0.3 is 10.4 Å². The van der Waals surface area contributed by atoms with Crippen LogP contribution in [0.4, 0.5) is 0 Å². The van der Waals surface area contributed by atoms with Crippen molar-refractivity contribution < 1.29 is 14.7 Å². The van der Waals surface area contributed by atoms with Gasteiger partial charge in [-0.3, -0.25) is 4.79 Å². The molecule has 108 valence electrons. The van der Waals surface area contributed by atoms with Gasteiger partial charge >= 0.3 is 5.97 Å². The van der Waals surface area contributed by atoms with E-state index in [9.17, 15) is 14.7 Å². The van der Waals surface area contributed by atoms with E-state index in [1.54, 1.807) is 36.4 Å². The average molecular weight is 283 g/mol. The Labute approximate surface area is 123 Å². The van der Waals surface area contributed by atoms with Gasteiger partial charge in [-0.2, -0.15) is 0 Å². The Kier molecular flexibility index (Phi) is 4.38. The molecule has 0 aliphatic carbocycles. The van der Waals surface area contributed by atoms with Gasteiger partial charge in [-0.1, -0.05) is 48.0 Å². The van der Waals surface area contributed by atoms with Crippen molar-refractivity contribution in [1.82, 2.24) is 5.32 Å². The summed E-state index contributed by atoms with van der Waals surface area (Å²) in [6, 6.07) is 13.0. The van der Waals surface area contributed by atoms with Crippen molar-refractivity contribution in [2.24, 2.45) is 0 Å². The number of carbonyl (C=O) groups is 2. The van der Waals surface area contributed by atoms with Crippen LogP contribution in [0.3, 0.4) is 0 Å². The molecule has 1 atom stereocenters. The third kappa shape index (κ3) is 3.48. The van der Waals surface area contributed by atoms with Crippen molar-refractivity contribution >= 4 is 11.9 Å². The second kappa shape index (κ2) is 6.22. The van der Waals surface area contributed by atoms with E-state index in [2.05, 4.69) is 5.32 Å². The number of rotatable bonds is 4. The molecule has 1 amide bonds. The van der Waals surface area contributed by atoms with Crippen LogP contribution in [0.1, 0.15) is 33.1 Å². The normalized spacial score (nSPS) is 11.7. The molecule has 0 saturated heterocycles. The van der Waals surface area contributed by atoms with Gasteiger partial charge in [0.15, 0.2) is 6.04 Å². The van der Waals surface area contributed by atoms with Crippen LogP contribution >= 0.6 is 0 Å². The lowest BCUT2D eigenvalue weighted by Gasteiger charge is -2.16. The molecule has 0 aliphatic rings. The van der Waals surface area contributed by atoms with Gasteiger partial charge in [-0.05, 0) is 31.0 Å². The fraction of sp³-hybridized carbons (Fsp3) is 0.176. The number of benzene rings is 2. The first-order valence-electron chi connectivity index (χ1n) is 6.65. The van der Waals surface area contributed by atoms with Crippen molar-refractivity contribution in [1.29, 1.82) is 0 Å². The summed E-state index contributed by atoms with van der Waals surface area (Å²) in [7, 11) is 0. The molecule has 2 aromatic carbocycles. The minimum absolute atomic E-state index is 0.385. The molecule has 4 heteroatoms. The Morgan fingerprint density at radius 1 is 1.05 bits per heavy atom. The molecule has 0 bridgehead atoms. The first kappa shape index (κ1) is 14.8. The molecule has 0 fully saturated rings. The molecule has 2 aromatic rings. The van der Waals surface area contributed by atoms with Crippen LogP contribution in [-0.4, -0.2) is 17.0 Å². The van der Waals surface area contributed by atoms with Gasteiger partial charge in [0.1, 0.15) is 0 Å². The van der Waals surface area contributed by atoms with E-state index in [-0.39, 0.29) is 5.91 Å². The summed E-state index contributed by atoms with van der Waals surface area (Å²) in [4.78, 5) is 23.7. The maximum absolute atomic E-state index is 12.3. The van der Waals surface area contributed by atoms with Crippen LogP contribution in [0.25, 0.3) is 0 Å². The van der Waals surface area contributed by atoms with Gasteiger partial charge in [-0.25, -0.2) is 4.79 Å². The fourth-order valence-electron chi connectivity index (χ4n) is 2.21. The van der Waals surface area contributed by atoms with E-state index >= 15 is 0 Å². The molecule has 0 unspecified atom stereocenters. The van der Waals surface area contributed by atoms with Crippen molar-refractivity contribution in [2.45, 2.75) is 19.9 Å². The summed E-state index contributed by atoms with van der Waals surface area (Å²) in [5.41, 5.74) is 2.91. The summed E-state index contributed by atoms with van der Waals surface area (Å²) >= 11 is 0. The summed E-state index contributed by atoms with van der Waals surface area (Å²) < 4.78 is 0. The Bertz CT molecular complexity index is 665. The molecule has 0 saturated carbocycles. The first-order valence-corrected chi connectivity index (χ1v) is 6.65. The number of aliphatic carboxylic acids is 1. The lowest BCUT2D eigenvalue weighted by atomic mass is 10.0. The zero-order valence-electron chi connectivity index (χ0n) is 12.0. The number of amides is 1. The molecule has 0 aromatic heterocycles. The number of carboxylic acid groups (broad SMARTS) is 1. The average Bonchev–Trinajstić information content (AvgIpc) is 2.45. The number of carbonyl (C=O) groups excluding carboxylic acids is 1. The molecule has 21 heavy (non-hydrogen) atoms. The molecule has 2 N–H and O–H groups in total. The van der Waals surface area contributed by atoms with Crippen LogP contribution in [0.5, 0.6) is 0 Å². The number of hydrogen-bond donors (Lipinski definition) is 2. The first-order chi connectivity index (χ1) is 9.99. The SMILES string of the molecule is Cc1ccc(C(=O)N[C@@H](C(=O)O)c2ccccc2)c(C)c1. The Balaban J connectivity index is 2.25. The van der Waals surface area contributed by atoms with Crippen molar-refractivity contribution in [2.75, 3.05) is 0 Å². The third-order valence-electron chi connectivity index (χ3n) is 3.28. The summed E-state index contributed by atoms with van der Waals surface area (Å²) in [6.07, 6.45) is 0. The monoisotopic (exact) mass is 283 g/mol. The van der Waals surface area contributed by atoms with Crippen LogP contribution < -0.4 is 5.32 Å². The van der Waals surface area contributed by atoms with Gasteiger partial charge in [0.2, 0.25) is 0 Å².